The van der Waals surface area contributed by atoms with E-state index in [4.69, 9.17) is 9.47 Å². The van der Waals surface area contributed by atoms with Gasteiger partial charge in [0.05, 0.1) is 11.6 Å². The van der Waals surface area contributed by atoms with E-state index in [-0.39, 0.29) is 0 Å². The molecule has 0 aliphatic rings. The van der Waals surface area contributed by atoms with Crippen LogP contribution in [0.25, 0.3) is 0 Å². The Morgan fingerprint density at radius 3 is 2.26 bits per heavy atom. The van der Waals surface area contributed by atoms with E-state index in [1.165, 1.54) is 11.1 Å². The first kappa shape index (κ1) is 19.5. The Morgan fingerprint density at radius 1 is 0.852 bits per heavy atom. The van der Waals surface area contributed by atoms with Crippen LogP contribution in [0.3, 0.4) is 0 Å². The lowest BCUT2D eigenvalue weighted by Gasteiger charge is -2.15. The third-order valence-corrected chi connectivity index (χ3v) is 4.88. The third kappa shape index (κ3) is 5.59. The highest BCUT2D eigenvalue weighted by atomic mass is 79.9. The van der Waals surface area contributed by atoms with E-state index in [2.05, 4.69) is 82.8 Å². The number of hydrogen-bond acceptors (Lipinski definition) is 3. The average Bonchev–Trinajstić information content (AvgIpc) is 2.69. The fraction of sp³-hybridized carbons (Fsp3) is 0.217. The Morgan fingerprint density at radius 2 is 1.56 bits per heavy atom. The quantitative estimate of drug-likeness (QED) is 0.506. The molecule has 0 atom stereocenters. The predicted octanol–water partition coefficient (Wildman–Crippen LogP) is 5.63. The zero-order valence-electron chi connectivity index (χ0n) is 15.7. The minimum Gasteiger partial charge on any atom is -0.493 e. The highest BCUT2D eigenvalue weighted by molar-refractivity contribution is 9.10. The summed E-state index contributed by atoms with van der Waals surface area (Å²) >= 11 is 3.63. The van der Waals surface area contributed by atoms with Crippen LogP contribution in [-0.4, -0.2) is 7.11 Å². The molecular weight excluding hydrogens is 402 g/mol. The van der Waals surface area contributed by atoms with Gasteiger partial charge in [0.15, 0.2) is 11.5 Å². The maximum Gasteiger partial charge on any atom is 0.175 e. The maximum absolute atomic E-state index is 6.02. The number of methoxy groups -OCH3 is 1. The van der Waals surface area contributed by atoms with Crippen LogP contribution in [-0.2, 0) is 19.7 Å². The van der Waals surface area contributed by atoms with E-state index >= 15 is 0 Å². The van der Waals surface area contributed by atoms with E-state index in [0.717, 1.165) is 40.2 Å². The summed E-state index contributed by atoms with van der Waals surface area (Å²) in [6.07, 6.45) is 0. The average molecular weight is 426 g/mol. The smallest absolute Gasteiger partial charge is 0.175 e. The molecule has 0 spiro atoms. The van der Waals surface area contributed by atoms with Gasteiger partial charge >= 0.3 is 0 Å². The number of hydrogen-bond donors (Lipinski definition) is 1. The van der Waals surface area contributed by atoms with E-state index in [0.29, 0.717) is 6.61 Å². The first-order valence-corrected chi connectivity index (χ1v) is 9.74. The molecule has 4 heteroatoms. The molecular formula is C23H24BrNO2. The number of ether oxygens (including phenoxy) is 2. The van der Waals surface area contributed by atoms with Crippen LogP contribution in [0.15, 0.2) is 71.2 Å². The standard InChI is InChI=1S/C23H24BrNO2/c1-17-8-10-19(11-9-17)16-27-23-21(24)12-20(13-22(23)26-2)15-25-14-18-6-4-3-5-7-18/h3-13,25H,14-16H2,1-2H3. The summed E-state index contributed by atoms with van der Waals surface area (Å²) < 4.78 is 12.5. The maximum atomic E-state index is 6.02. The van der Waals surface area contributed by atoms with Gasteiger partial charge in [-0.25, -0.2) is 0 Å². The first-order chi connectivity index (χ1) is 13.2. The van der Waals surface area contributed by atoms with Crippen molar-refractivity contribution in [3.8, 4) is 11.5 Å². The molecule has 0 radical (unpaired) electrons. The lowest BCUT2D eigenvalue weighted by molar-refractivity contribution is 0.282. The highest BCUT2D eigenvalue weighted by Gasteiger charge is 2.12. The lowest BCUT2D eigenvalue weighted by Crippen LogP contribution is -2.12. The van der Waals surface area contributed by atoms with Gasteiger partial charge in [0.1, 0.15) is 6.61 Å². The van der Waals surface area contributed by atoms with Crippen LogP contribution in [0, 0.1) is 6.92 Å². The van der Waals surface area contributed by atoms with Crippen molar-refractivity contribution in [2.75, 3.05) is 7.11 Å². The van der Waals surface area contributed by atoms with Gasteiger partial charge in [0.2, 0.25) is 0 Å². The van der Waals surface area contributed by atoms with Gasteiger partial charge in [-0.3, -0.25) is 0 Å². The SMILES string of the molecule is COc1cc(CNCc2ccccc2)cc(Br)c1OCc1ccc(C)cc1. The number of nitrogens with one attached hydrogen (secondary N) is 1. The minimum absolute atomic E-state index is 0.501. The summed E-state index contributed by atoms with van der Waals surface area (Å²) in [5.74, 6) is 1.46. The van der Waals surface area contributed by atoms with Gasteiger partial charge in [-0.15, -0.1) is 0 Å². The molecule has 0 aliphatic carbocycles. The Kier molecular flexibility index (Phi) is 6.91. The summed E-state index contributed by atoms with van der Waals surface area (Å²) in [5, 5.41) is 3.46. The molecule has 0 aromatic heterocycles. The summed E-state index contributed by atoms with van der Waals surface area (Å²) in [5.41, 5.74) is 4.77. The zero-order chi connectivity index (χ0) is 19.1. The Balaban J connectivity index is 1.64. The fourth-order valence-corrected chi connectivity index (χ4v) is 3.41. The van der Waals surface area contributed by atoms with Crippen LogP contribution in [0.5, 0.6) is 11.5 Å². The Hall–Kier alpha value is -2.30. The molecule has 1 N–H and O–H groups in total. The van der Waals surface area contributed by atoms with E-state index in [1.807, 2.05) is 12.1 Å². The van der Waals surface area contributed by atoms with Gasteiger partial charge in [-0.05, 0) is 51.7 Å². The lowest BCUT2D eigenvalue weighted by atomic mass is 10.1. The molecule has 0 saturated carbocycles. The molecule has 0 unspecified atom stereocenters. The topological polar surface area (TPSA) is 30.5 Å². The van der Waals surface area contributed by atoms with Crippen LogP contribution in [0.4, 0.5) is 0 Å². The predicted molar refractivity (Wildman–Crippen MR) is 113 cm³/mol. The van der Waals surface area contributed by atoms with Crippen molar-refractivity contribution in [1.29, 1.82) is 0 Å². The molecule has 27 heavy (non-hydrogen) atoms. The summed E-state index contributed by atoms with van der Waals surface area (Å²) in [6.45, 7) is 4.16. The summed E-state index contributed by atoms with van der Waals surface area (Å²) in [6, 6.07) is 22.8. The van der Waals surface area contributed by atoms with Crippen LogP contribution < -0.4 is 14.8 Å². The van der Waals surface area contributed by atoms with Gasteiger partial charge in [0.25, 0.3) is 0 Å². The second kappa shape index (κ2) is 9.58. The molecule has 0 fully saturated rings. The molecule has 0 heterocycles. The van der Waals surface area contributed by atoms with Crippen molar-refractivity contribution >= 4 is 15.9 Å². The van der Waals surface area contributed by atoms with Gasteiger partial charge in [0, 0.05) is 13.1 Å². The Bertz CT molecular complexity index is 864. The highest BCUT2D eigenvalue weighted by Crippen LogP contribution is 2.37. The van der Waals surface area contributed by atoms with Gasteiger partial charge in [-0.2, -0.15) is 0 Å². The second-order valence-electron chi connectivity index (χ2n) is 6.47. The van der Waals surface area contributed by atoms with Gasteiger partial charge < -0.3 is 14.8 Å². The zero-order valence-corrected chi connectivity index (χ0v) is 17.3. The molecule has 3 rings (SSSR count). The van der Waals surface area contributed by atoms with Crippen molar-refractivity contribution in [3.05, 3.63) is 93.5 Å². The molecule has 3 aromatic rings. The Labute approximate surface area is 169 Å². The van der Waals surface area contributed by atoms with E-state index < -0.39 is 0 Å². The molecule has 0 aliphatic heterocycles. The monoisotopic (exact) mass is 425 g/mol. The number of rotatable bonds is 8. The second-order valence-corrected chi connectivity index (χ2v) is 7.33. The first-order valence-electron chi connectivity index (χ1n) is 8.95. The third-order valence-electron chi connectivity index (χ3n) is 4.29. The molecule has 0 bridgehead atoms. The van der Waals surface area contributed by atoms with Crippen LogP contribution >= 0.6 is 15.9 Å². The minimum atomic E-state index is 0.501. The molecule has 3 aromatic carbocycles. The largest absolute Gasteiger partial charge is 0.493 e. The van der Waals surface area contributed by atoms with Crippen molar-refractivity contribution in [3.63, 3.8) is 0 Å². The summed E-state index contributed by atoms with van der Waals surface area (Å²) in [7, 11) is 1.67. The van der Waals surface area contributed by atoms with E-state index in [1.54, 1.807) is 7.11 Å². The van der Waals surface area contributed by atoms with E-state index in [9.17, 15) is 0 Å². The van der Waals surface area contributed by atoms with Crippen molar-refractivity contribution in [2.45, 2.75) is 26.6 Å². The molecule has 140 valence electrons. The number of aryl methyl sites for hydroxylation is 1. The van der Waals surface area contributed by atoms with Crippen molar-refractivity contribution in [2.24, 2.45) is 0 Å². The number of benzene rings is 3. The van der Waals surface area contributed by atoms with Crippen LogP contribution in [0.1, 0.15) is 22.3 Å². The van der Waals surface area contributed by atoms with Crippen molar-refractivity contribution < 1.29 is 9.47 Å². The number of halogens is 1. The molecule has 3 nitrogen and oxygen atoms in total. The normalized spacial score (nSPS) is 10.6. The van der Waals surface area contributed by atoms with Gasteiger partial charge in [-0.1, -0.05) is 60.2 Å². The fourth-order valence-electron chi connectivity index (χ4n) is 2.80. The summed E-state index contributed by atoms with van der Waals surface area (Å²) in [4.78, 5) is 0. The van der Waals surface area contributed by atoms with Crippen molar-refractivity contribution in [1.82, 2.24) is 5.32 Å². The molecule has 0 saturated heterocycles. The molecule has 0 amide bonds. The van der Waals surface area contributed by atoms with Crippen LogP contribution in [0.2, 0.25) is 0 Å².